The number of rotatable bonds is 7. The van der Waals surface area contributed by atoms with Gasteiger partial charge in [0.15, 0.2) is 0 Å². The first-order valence-electron chi connectivity index (χ1n) is 12.1. The molecule has 0 saturated carbocycles. The van der Waals surface area contributed by atoms with Gasteiger partial charge in [-0.2, -0.15) is 0 Å². The second-order valence-corrected chi connectivity index (χ2v) is 8.79. The Morgan fingerprint density at radius 2 is 1.72 bits per heavy atom. The van der Waals surface area contributed by atoms with E-state index in [9.17, 15) is 4.79 Å². The van der Waals surface area contributed by atoms with E-state index in [0.29, 0.717) is 30.2 Å². The first kappa shape index (κ1) is 23.4. The zero-order valence-electron chi connectivity index (χ0n) is 20.0. The number of nitrogens with two attached hydrogens (primary N) is 1. The first-order chi connectivity index (χ1) is 17.7. The zero-order valence-corrected chi connectivity index (χ0v) is 20.0. The molecule has 5 rings (SSSR count). The summed E-state index contributed by atoms with van der Waals surface area (Å²) in [5.74, 6) is 1.31. The Morgan fingerprint density at radius 3 is 2.50 bits per heavy atom. The van der Waals surface area contributed by atoms with Crippen LogP contribution in [0.25, 0.3) is 11.3 Å². The molecule has 36 heavy (non-hydrogen) atoms. The molecule has 0 atom stereocenters. The Kier molecular flexibility index (Phi) is 7.14. The summed E-state index contributed by atoms with van der Waals surface area (Å²) in [5.41, 5.74) is 10.1. The quantitative estimate of drug-likeness (QED) is 0.419. The van der Waals surface area contributed by atoms with Crippen LogP contribution in [0, 0.1) is 0 Å². The molecule has 0 bridgehead atoms. The second kappa shape index (κ2) is 11.0. The topological polar surface area (TPSA) is 100 Å². The summed E-state index contributed by atoms with van der Waals surface area (Å²) in [6, 6.07) is 23.3. The highest BCUT2D eigenvalue weighted by Crippen LogP contribution is 2.22. The molecular weight excluding hydrogens is 450 g/mol. The average molecular weight is 480 g/mol. The fourth-order valence-electron chi connectivity index (χ4n) is 4.28. The number of carbonyl (C=O) groups is 1. The van der Waals surface area contributed by atoms with E-state index in [2.05, 4.69) is 25.1 Å². The zero-order chi connectivity index (χ0) is 24.7. The first-order valence-corrected chi connectivity index (χ1v) is 12.1. The standard InChI is InChI=1S/C28H29N7O/c29-27-25(20-34-13-15-35(16-14-34)26-11-4-5-12-30-26)33-24(19-31-27)22-9-6-10-23(17-22)28(36)32-18-21-7-2-1-3-8-21/h1-12,17,19H,13-16,18,20H2,(H2,29,31)(H,32,36). The molecule has 2 aromatic carbocycles. The van der Waals surface area contributed by atoms with Gasteiger partial charge in [-0.1, -0.05) is 48.5 Å². The van der Waals surface area contributed by atoms with Crippen molar-refractivity contribution >= 4 is 17.5 Å². The van der Waals surface area contributed by atoms with Crippen LogP contribution in [-0.4, -0.2) is 51.9 Å². The van der Waals surface area contributed by atoms with Crippen molar-refractivity contribution < 1.29 is 4.79 Å². The predicted octanol–water partition coefficient (Wildman–Crippen LogP) is 3.37. The number of nitrogens with zero attached hydrogens (tertiary/aromatic N) is 5. The summed E-state index contributed by atoms with van der Waals surface area (Å²) < 4.78 is 0. The number of nitrogen functional groups attached to an aromatic ring is 1. The van der Waals surface area contributed by atoms with Gasteiger partial charge in [0.2, 0.25) is 0 Å². The number of piperazine rings is 1. The summed E-state index contributed by atoms with van der Waals surface area (Å²) in [7, 11) is 0. The highest BCUT2D eigenvalue weighted by atomic mass is 16.1. The Morgan fingerprint density at radius 1 is 0.917 bits per heavy atom. The largest absolute Gasteiger partial charge is 0.382 e. The van der Waals surface area contributed by atoms with E-state index in [1.165, 1.54) is 0 Å². The number of hydrogen-bond donors (Lipinski definition) is 2. The number of carbonyl (C=O) groups excluding carboxylic acids is 1. The molecule has 0 radical (unpaired) electrons. The lowest BCUT2D eigenvalue weighted by Gasteiger charge is -2.35. The molecule has 1 fully saturated rings. The molecule has 0 aliphatic carbocycles. The number of anilines is 2. The van der Waals surface area contributed by atoms with Crippen LogP contribution in [0.5, 0.6) is 0 Å². The monoisotopic (exact) mass is 479 g/mol. The van der Waals surface area contributed by atoms with Crippen LogP contribution in [-0.2, 0) is 13.1 Å². The van der Waals surface area contributed by atoms with Crippen molar-refractivity contribution in [3.63, 3.8) is 0 Å². The molecule has 8 nitrogen and oxygen atoms in total. The van der Waals surface area contributed by atoms with E-state index in [1.807, 2.05) is 72.9 Å². The third-order valence-electron chi connectivity index (χ3n) is 6.31. The van der Waals surface area contributed by atoms with E-state index >= 15 is 0 Å². The van der Waals surface area contributed by atoms with Crippen molar-refractivity contribution in [2.75, 3.05) is 36.8 Å². The normalized spacial score (nSPS) is 13.9. The minimum Gasteiger partial charge on any atom is -0.382 e. The van der Waals surface area contributed by atoms with Gasteiger partial charge < -0.3 is 16.0 Å². The minimum absolute atomic E-state index is 0.130. The summed E-state index contributed by atoms with van der Waals surface area (Å²) in [4.78, 5) is 31.0. The number of benzene rings is 2. The molecule has 3 heterocycles. The van der Waals surface area contributed by atoms with E-state index in [0.717, 1.165) is 48.8 Å². The second-order valence-electron chi connectivity index (χ2n) is 8.79. The SMILES string of the molecule is Nc1ncc(-c2cccc(C(=O)NCc3ccccc3)c2)nc1CN1CCN(c2ccccn2)CC1. The molecule has 1 aliphatic heterocycles. The molecule has 1 amide bonds. The van der Waals surface area contributed by atoms with Crippen LogP contribution in [0.2, 0.25) is 0 Å². The van der Waals surface area contributed by atoms with Crippen LogP contribution in [0.15, 0.2) is 85.2 Å². The van der Waals surface area contributed by atoms with Crippen LogP contribution < -0.4 is 16.0 Å². The number of nitrogens with one attached hydrogen (secondary N) is 1. The molecule has 4 aromatic rings. The highest BCUT2D eigenvalue weighted by molar-refractivity contribution is 5.95. The van der Waals surface area contributed by atoms with Crippen molar-refractivity contribution in [1.82, 2.24) is 25.2 Å². The summed E-state index contributed by atoms with van der Waals surface area (Å²) in [6.45, 7) is 4.66. The van der Waals surface area contributed by atoms with Crippen molar-refractivity contribution in [2.45, 2.75) is 13.1 Å². The van der Waals surface area contributed by atoms with Crippen molar-refractivity contribution in [2.24, 2.45) is 0 Å². The van der Waals surface area contributed by atoms with Gasteiger partial charge in [-0.15, -0.1) is 0 Å². The van der Waals surface area contributed by atoms with E-state index in [4.69, 9.17) is 10.7 Å². The number of aromatic nitrogens is 3. The Balaban J connectivity index is 1.24. The van der Waals surface area contributed by atoms with Gasteiger partial charge in [0.25, 0.3) is 5.91 Å². The van der Waals surface area contributed by atoms with Gasteiger partial charge >= 0.3 is 0 Å². The average Bonchev–Trinajstić information content (AvgIpc) is 2.94. The minimum atomic E-state index is -0.130. The molecule has 8 heteroatoms. The molecule has 2 aromatic heterocycles. The molecule has 0 unspecified atom stereocenters. The van der Waals surface area contributed by atoms with Gasteiger partial charge in [0.1, 0.15) is 11.6 Å². The van der Waals surface area contributed by atoms with Gasteiger partial charge in [0.05, 0.1) is 17.6 Å². The third kappa shape index (κ3) is 5.67. The number of pyridine rings is 1. The molecule has 1 aliphatic rings. The lowest BCUT2D eigenvalue weighted by Crippen LogP contribution is -2.46. The van der Waals surface area contributed by atoms with Crippen molar-refractivity contribution in [1.29, 1.82) is 0 Å². The molecular formula is C28H29N7O. The number of hydrogen-bond acceptors (Lipinski definition) is 7. The molecule has 182 valence electrons. The van der Waals surface area contributed by atoms with Gasteiger partial charge in [-0.3, -0.25) is 9.69 Å². The Hall–Kier alpha value is -4.30. The van der Waals surface area contributed by atoms with Gasteiger partial charge in [-0.05, 0) is 29.8 Å². The maximum Gasteiger partial charge on any atom is 0.251 e. The van der Waals surface area contributed by atoms with Crippen LogP contribution in [0.1, 0.15) is 21.6 Å². The highest BCUT2D eigenvalue weighted by Gasteiger charge is 2.20. The molecule has 1 saturated heterocycles. The molecule has 3 N–H and O–H groups in total. The summed E-state index contributed by atoms with van der Waals surface area (Å²) in [6.07, 6.45) is 3.49. The smallest absolute Gasteiger partial charge is 0.251 e. The third-order valence-corrected chi connectivity index (χ3v) is 6.31. The predicted molar refractivity (Wildman–Crippen MR) is 141 cm³/mol. The van der Waals surface area contributed by atoms with E-state index < -0.39 is 0 Å². The lowest BCUT2D eigenvalue weighted by molar-refractivity contribution is 0.0951. The lowest BCUT2D eigenvalue weighted by atomic mass is 10.1. The molecule has 0 spiro atoms. The fourth-order valence-corrected chi connectivity index (χ4v) is 4.28. The number of amides is 1. The van der Waals surface area contributed by atoms with Crippen molar-refractivity contribution in [3.05, 3.63) is 102 Å². The maximum absolute atomic E-state index is 12.7. The van der Waals surface area contributed by atoms with Gasteiger partial charge in [0, 0.05) is 56.6 Å². The Bertz CT molecular complexity index is 1310. The van der Waals surface area contributed by atoms with E-state index in [1.54, 1.807) is 12.3 Å². The van der Waals surface area contributed by atoms with Crippen LogP contribution in [0.3, 0.4) is 0 Å². The van der Waals surface area contributed by atoms with Crippen molar-refractivity contribution in [3.8, 4) is 11.3 Å². The fraction of sp³-hybridized carbons (Fsp3) is 0.214. The van der Waals surface area contributed by atoms with Crippen LogP contribution in [0.4, 0.5) is 11.6 Å². The van der Waals surface area contributed by atoms with E-state index in [-0.39, 0.29) is 5.91 Å². The Labute approximate surface area is 210 Å². The van der Waals surface area contributed by atoms with Crippen LogP contribution >= 0.6 is 0 Å². The summed E-state index contributed by atoms with van der Waals surface area (Å²) in [5, 5.41) is 2.97. The van der Waals surface area contributed by atoms with Gasteiger partial charge in [-0.25, -0.2) is 15.0 Å². The maximum atomic E-state index is 12.7. The summed E-state index contributed by atoms with van der Waals surface area (Å²) >= 11 is 0.